The van der Waals surface area contributed by atoms with Gasteiger partial charge in [0.15, 0.2) is 0 Å². The van der Waals surface area contributed by atoms with Crippen LogP contribution < -0.4 is 0 Å². The number of hydrogen-bond acceptors (Lipinski definition) is 0. The molecule has 0 saturated heterocycles. The minimum absolute atomic E-state index is 0.398. The molecule has 0 amide bonds. The van der Waals surface area contributed by atoms with Gasteiger partial charge in [-0.15, -0.1) is 0 Å². The van der Waals surface area contributed by atoms with Crippen LogP contribution >= 0.6 is 22.6 Å². The zero-order valence-corrected chi connectivity index (χ0v) is 8.28. The van der Waals surface area contributed by atoms with Crippen molar-refractivity contribution in [3.05, 3.63) is 33.7 Å². The average molecular weight is 252 g/mol. The third-order valence-electron chi connectivity index (χ3n) is 1.09. The summed E-state index contributed by atoms with van der Waals surface area (Å²) in [7, 11) is 0. The van der Waals surface area contributed by atoms with Gasteiger partial charge in [0.1, 0.15) is 5.83 Å². The summed E-state index contributed by atoms with van der Waals surface area (Å²) in [5.41, 5.74) is 1.07. The monoisotopic (exact) mass is 252 g/mol. The molecule has 0 aromatic carbocycles. The highest BCUT2D eigenvalue weighted by molar-refractivity contribution is 14.1. The molecule has 0 heterocycles. The third kappa shape index (κ3) is 3.82. The predicted octanol–water partition coefficient (Wildman–Crippen LogP) is 3.75. The van der Waals surface area contributed by atoms with Crippen LogP contribution in [0.5, 0.6) is 0 Å². The van der Waals surface area contributed by atoms with E-state index in [4.69, 9.17) is 0 Å². The van der Waals surface area contributed by atoms with Crippen LogP contribution in [0.25, 0.3) is 0 Å². The summed E-state index contributed by atoms with van der Waals surface area (Å²) in [5.74, 6) is -0.398. The summed E-state index contributed by atoms with van der Waals surface area (Å²) >= 11 is 2.07. The summed E-state index contributed by atoms with van der Waals surface area (Å²) < 4.78 is 13.0. The number of allylic oxidation sites excluding steroid dienone is 5. The fraction of sp³-hybridized carbons (Fsp3) is 0.250. The Bertz CT molecular complexity index is 189. The Kier molecular flexibility index (Phi) is 4.60. The molecule has 0 N–H and O–H groups in total. The summed E-state index contributed by atoms with van der Waals surface area (Å²) in [6.45, 7) is 6.99. The lowest BCUT2D eigenvalue weighted by Crippen LogP contribution is -1.73. The van der Waals surface area contributed by atoms with E-state index < -0.39 is 5.83 Å². The molecule has 0 atom stereocenters. The van der Waals surface area contributed by atoms with Gasteiger partial charge >= 0.3 is 0 Å². The lowest BCUT2D eigenvalue weighted by molar-refractivity contribution is 0.671. The lowest BCUT2D eigenvalue weighted by atomic mass is 10.2. The van der Waals surface area contributed by atoms with Crippen molar-refractivity contribution in [2.45, 2.75) is 13.8 Å². The van der Waals surface area contributed by atoms with Crippen LogP contribution in [-0.2, 0) is 0 Å². The van der Waals surface area contributed by atoms with Crippen molar-refractivity contribution in [2.75, 3.05) is 0 Å². The van der Waals surface area contributed by atoms with Crippen LogP contribution in [0.3, 0.4) is 0 Å². The van der Waals surface area contributed by atoms with Gasteiger partial charge in [-0.2, -0.15) is 0 Å². The Morgan fingerprint density at radius 3 is 2.40 bits per heavy atom. The van der Waals surface area contributed by atoms with Gasteiger partial charge in [-0.25, -0.2) is 4.39 Å². The van der Waals surface area contributed by atoms with Crippen molar-refractivity contribution in [3.63, 3.8) is 0 Å². The topological polar surface area (TPSA) is 0 Å². The van der Waals surface area contributed by atoms with Gasteiger partial charge in [-0.05, 0) is 48.1 Å². The van der Waals surface area contributed by atoms with Crippen molar-refractivity contribution < 1.29 is 4.39 Å². The molecule has 0 aliphatic rings. The molecule has 0 aromatic heterocycles. The Morgan fingerprint density at radius 2 is 2.10 bits per heavy atom. The lowest BCUT2D eigenvalue weighted by Gasteiger charge is -1.95. The van der Waals surface area contributed by atoms with Gasteiger partial charge in [-0.1, -0.05) is 12.7 Å². The average Bonchev–Trinajstić information content (AvgIpc) is 1.85. The summed E-state index contributed by atoms with van der Waals surface area (Å²) in [4.78, 5) is 0. The van der Waals surface area contributed by atoms with E-state index in [-0.39, 0.29) is 0 Å². The Balaban J connectivity index is 4.35. The fourth-order valence-corrected chi connectivity index (χ4v) is 1.04. The fourth-order valence-electron chi connectivity index (χ4n) is 0.389. The predicted molar refractivity (Wildman–Crippen MR) is 51.8 cm³/mol. The molecule has 0 rings (SSSR count). The quantitative estimate of drug-likeness (QED) is 0.518. The summed E-state index contributed by atoms with van der Waals surface area (Å²) in [6, 6.07) is 0. The molecule has 0 aliphatic carbocycles. The largest absolute Gasteiger partial charge is 0.208 e. The van der Waals surface area contributed by atoms with E-state index in [1.165, 1.54) is 6.08 Å². The third-order valence-corrected chi connectivity index (χ3v) is 2.26. The van der Waals surface area contributed by atoms with Crippen LogP contribution in [0, 0.1) is 0 Å². The van der Waals surface area contributed by atoms with Gasteiger partial charge < -0.3 is 0 Å². The van der Waals surface area contributed by atoms with E-state index in [1.807, 2.05) is 19.9 Å². The molecule has 0 unspecified atom stereocenters. The maximum atomic E-state index is 12.1. The van der Waals surface area contributed by atoms with E-state index in [2.05, 4.69) is 29.2 Å². The van der Waals surface area contributed by atoms with Crippen molar-refractivity contribution in [1.82, 2.24) is 0 Å². The van der Waals surface area contributed by atoms with Crippen LogP contribution in [0.1, 0.15) is 13.8 Å². The second kappa shape index (κ2) is 4.66. The normalized spacial score (nSPS) is 13.6. The van der Waals surface area contributed by atoms with E-state index >= 15 is 0 Å². The molecule has 0 saturated carbocycles. The van der Waals surface area contributed by atoms with E-state index in [0.717, 1.165) is 9.15 Å². The highest BCUT2D eigenvalue weighted by Crippen LogP contribution is 2.18. The number of hydrogen-bond donors (Lipinski definition) is 0. The van der Waals surface area contributed by atoms with Crippen LogP contribution in [0.4, 0.5) is 4.39 Å². The maximum Gasteiger partial charge on any atom is 0.117 e. The molecule has 0 nitrogen and oxygen atoms in total. The molecular formula is C8H10FI. The molecule has 0 bridgehead atoms. The molecule has 2 heteroatoms. The molecule has 0 radical (unpaired) electrons. The Hall–Kier alpha value is -0.120. The SMILES string of the molecule is C=C(F)/C=C(I)\C(C)=C/C. The van der Waals surface area contributed by atoms with Crippen LogP contribution in [-0.4, -0.2) is 0 Å². The van der Waals surface area contributed by atoms with Crippen molar-refractivity contribution in [1.29, 1.82) is 0 Å². The van der Waals surface area contributed by atoms with Crippen molar-refractivity contribution in [2.24, 2.45) is 0 Å². The van der Waals surface area contributed by atoms with E-state index in [1.54, 1.807) is 0 Å². The summed E-state index contributed by atoms with van der Waals surface area (Å²) in [6.07, 6.45) is 3.34. The molecule has 10 heavy (non-hydrogen) atoms. The number of halogens is 2. The Labute approximate surface area is 74.7 Å². The second-order valence-electron chi connectivity index (χ2n) is 1.91. The standard InChI is InChI=1S/C8H10FI/c1-4-6(2)8(10)5-7(3)9/h4-5H,3H2,1-2H3/b6-4-,8-5+. The zero-order chi connectivity index (χ0) is 8.15. The van der Waals surface area contributed by atoms with Gasteiger partial charge in [0, 0.05) is 3.58 Å². The maximum absolute atomic E-state index is 12.1. The molecule has 0 spiro atoms. The zero-order valence-electron chi connectivity index (χ0n) is 6.12. The molecule has 0 aliphatic heterocycles. The van der Waals surface area contributed by atoms with Crippen molar-refractivity contribution in [3.8, 4) is 0 Å². The number of rotatable bonds is 2. The van der Waals surface area contributed by atoms with E-state index in [0.29, 0.717) is 0 Å². The first-order chi connectivity index (χ1) is 4.57. The van der Waals surface area contributed by atoms with Gasteiger partial charge in [0.05, 0.1) is 0 Å². The van der Waals surface area contributed by atoms with Gasteiger partial charge in [0.2, 0.25) is 0 Å². The smallest absolute Gasteiger partial charge is 0.117 e. The van der Waals surface area contributed by atoms with Gasteiger partial charge in [0.25, 0.3) is 0 Å². The minimum Gasteiger partial charge on any atom is -0.208 e. The van der Waals surface area contributed by atoms with Crippen LogP contribution in [0.2, 0.25) is 0 Å². The van der Waals surface area contributed by atoms with Crippen molar-refractivity contribution >= 4 is 22.6 Å². The highest BCUT2D eigenvalue weighted by Gasteiger charge is 1.92. The molecule has 0 fully saturated rings. The molecule has 0 aromatic rings. The second-order valence-corrected chi connectivity index (χ2v) is 3.07. The highest BCUT2D eigenvalue weighted by atomic mass is 127. The first-order valence-electron chi connectivity index (χ1n) is 2.92. The summed E-state index contributed by atoms with van der Waals surface area (Å²) in [5, 5.41) is 0. The first-order valence-corrected chi connectivity index (χ1v) is 4.00. The van der Waals surface area contributed by atoms with E-state index in [9.17, 15) is 4.39 Å². The molecular weight excluding hydrogens is 242 g/mol. The Morgan fingerprint density at radius 1 is 1.60 bits per heavy atom. The minimum atomic E-state index is -0.398. The molecule has 56 valence electrons. The van der Waals surface area contributed by atoms with Crippen LogP contribution in [0.15, 0.2) is 33.7 Å². The van der Waals surface area contributed by atoms with Gasteiger partial charge in [-0.3, -0.25) is 0 Å². The first kappa shape index (κ1) is 9.88.